The Morgan fingerprint density at radius 3 is 2.52 bits per heavy atom. The summed E-state index contributed by atoms with van der Waals surface area (Å²) in [6.07, 6.45) is 8.25. The Kier molecular flexibility index (Phi) is 4.45. The van der Waals surface area contributed by atoms with Gasteiger partial charge in [0, 0.05) is 24.5 Å². The molecule has 1 aromatic heterocycles. The third-order valence-electron chi connectivity index (χ3n) is 5.05. The van der Waals surface area contributed by atoms with E-state index in [4.69, 9.17) is 0 Å². The summed E-state index contributed by atoms with van der Waals surface area (Å²) in [5.41, 5.74) is 3.21. The van der Waals surface area contributed by atoms with Crippen LogP contribution in [-0.2, 0) is 11.8 Å². The van der Waals surface area contributed by atoms with E-state index in [1.54, 1.807) is 0 Å². The Morgan fingerprint density at radius 1 is 1.10 bits per heavy atom. The molecule has 2 aromatic rings. The Labute approximate surface area is 128 Å². The minimum absolute atomic E-state index is 0.374. The summed E-state index contributed by atoms with van der Waals surface area (Å²) in [5.74, 6) is 0. The number of H-pyrrole nitrogens is 1. The molecule has 2 heteroatoms. The van der Waals surface area contributed by atoms with Crippen molar-refractivity contribution in [2.45, 2.75) is 50.5 Å². The van der Waals surface area contributed by atoms with Crippen molar-refractivity contribution in [1.29, 1.82) is 0 Å². The van der Waals surface area contributed by atoms with Gasteiger partial charge in [0.1, 0.15) is 0 Å². The van der Waals surface area contributed by atoms with Crippen molar-refractivity contribution in [3.05, 3.63) is 59.9 Å². The summed E-state index contributed by atoms with van der Waals surface area (Å²) in [6.45, 7) is 3.50. The standard InChI is InChI=1S/C19H26N2/c1-19(16-6-3-2-4-7-16)12-9-18(10-13-19)21-15-11-17-8-5-14-20-17/h2-8,14,18,20-21H,9-13,15H2,1H3. The van der Waals surface area contributed by atoms with Gasteiger partial charge in [0.25, 0.3) is 0 Å². The number of aromatic amines is 1. The van der Waals surface area contributed by atoms with E-state index in [1.165, 1.54) is 36.9 Å². The van der Waals surface area contributed by atoms with Crippen molar-refractivity contribution in [2.24, 2.45) is 0 Å². The fourth-order valence-electron chi connectivity index (χ4n) is 3.52. The van der Waals surface area contributed by atoms with Gasteiger partial charge < -0.3 is 10.3 Å². The second-order valence-corrected chi connectivity index (χ2v) is 6.60. The van der Waals surface area contributed by atoms with E-state index in [9.17, 15) is 0 Å². The van der Waals surface area contributed by atoms with Gasteiger partial charge in [0.2, 0.25) is 0 Å². The Hall–Kier alpha value is -1.54. The quantitative estimate of drug-likeness (QED) is 0.851. The fourth-order valence-corrected chi connectivity index (χ4v) is 3.52. The van der Waals surface area contributed by atoms with Gasteiger partial charge in [-0.2, -0.15) is 0 Å². The molecule has 1 saturated carbocycles. The summed E-state index contributed by atoms with van der Waals surface area (Å²) < 4.78 is 0. The molecule has 0 unspecified atom stereocenters. The van der Waals surface area contributed by atoms with Gasteiger partial charge in [0.05, 0.1) is 0 Å². The highest BCUT2D eigenvalue weighted by Gasteiger charge is 2.32. The van der Waals surface area contributed by atoms with Crippen molar-refractivity contribution in [3.8, 4) is 0 Å². The third kappa shape index (κ3) is 3.56. The highest BCUT2D eigenvalue weighted by molar-refractivity contribution is 5.25. The SMILES string of the molecule is CC1(c2ccccc2)CCC(NCCc2ccc[nH]2)CC1. The first-order valence-corrected chi connectivity index (χ1v) is 8.17. The van der Waals surface area contributed by atoms with E-state index in [0.717, 1.165) is 13.0 Å². The van der Waals surface area contributed by atoms with Crippen LogP contribution in [0.1, 0.15) is 43.9 Å². The Balaban J connectivity index is 1.46. The lowest BCUT2D eigenvalue weighted by Gasteiger charge is -2.38. The zero-order chi connectivity index (χ0) is 14.5. The first-order valence-electron chi connectivity index (χ1n) is 8.17. The van der Waals surface area contributed by atoms with Gasteiger partial charge in [0.15, 0.2) is 0 Å². The van der Waals surface area contributed by atoms with E-state index in [2.05, 4.69) is 59.7 Å². The smallest absolute Gasteiger partial charge is 0.0159 e. The maximum absolute atomic E-state index is 3.73. The largest absolute Gasteiger partial charge is 0.365 e. The van der Waals surface area contributed by atoms with Gasteiger partial charge in [-0.1, -0.05) is 37.3 Å². The minimum Gasteiger partial charge on any atom is -0.365 e. The molecule has 1 fully saturated rings. The monoisotopic (exact) mass is 282 g/mol. The van der Waals surface area contributed by atoms with E-state index < -0.39 is 0 Å². The van der Waals surface area contributed by atoms with Gasteiger partial charge in [-0.3, -0.25) is 0 Å². The lowest BCUT2D eigenvalue weighted by atomic mass is 9.69. The molecule has 112 valence electrons. The molecule has 1 aliphatic carbocycles. The first kappa shape index (κ1) is 14.4. The Bertz CT molecular complexity index is 522. The molecule has 3 rings (SSSR count). The molecular weight excluding hydrogens is 256 g/mol. The van der Waals surface area contributed by atoms with Crippen LogP contribution in [0, 0.1) is 0 Å². The van der Waals surface area contributed by atoms with Gasteiger partial charge in [-0.15, -0.1) is 0 Å². The maximum Gasteiger partial charge on any atom is 0.0159 e. The molecule has 0 amide bonds. The van der Waals surface area contributed by atoms with Crippen molar-refractivity contribution < 1.29 is 0 Å². The molecule has 0 spiro atoms. The number of benzene rings is 1. The highest BCUT2D eigenvalue weighted by Crippen LogP contribution is 2.38. The predicted molar refractivity (Wildman–Crippen MR) is 88.5 cm³/mol. The third-order valence-corrected chi connectivity index (χ3v) is 5.05. The molecule has 0 saturated heterocycles. The van der Waals surface area contributed by atoms with Crippen LogP contribution in [0.5, 0.6) is 0 Å². The summed E-state index contributed by atoms with van der Waals surface area (Å²) in [4.78, 5) is 3.27. The van der Waals surface area contributed by atoms with Crippen LogP contribution in [0.15, 0.2) is 48.7 Å². The van der Waals surface area contributed by atoms with Crippen molar-refractivity contribution >= 4 is 0 Å². The van der Waals surface area contributed by atoms with Crippen molar-refractivity contribution in [1.82, 2.24) is 10.3 Å². The van der Waals surface area contributed by atoms with Crippen LogP contribution >= 0.6 is 0 Å². The van der Waals surface area contributed by atoms with Crippen LogP contribution < -0.4 is 5.32 Å². The molecule has 1 heterocycles. The molecule has 0 atom stereocenters. The van der Waals surface area contributed by atoms with Crippen molar-refractivity contribution in [2.75, 3.05) is 6.54 Å². The van der Waals surface area contributed by atoms with E-state index in [1.807, 2.05) is 6.20 Å². The Morgan fingerprint density at radius 2 is 1.86 bits per heavy atom. The average Bonchev–Trinajstić information content (AvgIpc) is 3.04. The zero-order valence-corrected chi connectivity index (χ0v) is 12.9. The molecule has 21 heavy (non-hydrogen) atoms. The maximum atomic E-state index is 3.73. The van der Waals surface area contributed by atoms with Crippen LogP contribution in [0.3, 0.4) is 0 Å². The normalized spacial score (nSPS) is 25.9. The van der Waals surface area contributed by atoms with Gasteiger partial charge in [-0.25, -0.2) is 0 Å². The predicted octanol–water partition coefficient (Wildman–Crippen LogP) is 4.05. The lowest BCUT2D eigenvalue weighted by molar-refractivity contribution is 0.265. The van der Waals surface area contributed by atoms with Crippen molar-refractivity contribution in [3.63, 3.8) is 0 Å². The lowest BCUT2D eigenvalue weighted by Crippen LogP contribution is -2.39. The number of hydrogen-bond donors (Lipinski definition) is 2. The van der Waals surface area contributed by atoms with Crippen LogP contribution in [0.4, 0.5) is 0 Å². The molecule has 0 bridgehead atoms. The second kappa shape index (κ2) is 6.48. The summed E-state index contributed by atoms with van der Waals surface area (Å²) in [5, 5.41) is 3.73. The number of hydrogen-bond acceptors (Lipinski definition) is 1. The molecule has 1 aromatic carbocycles. The van der Waals surface area contributed by atoms with Crippen LogP contribution in [-0.4, -0.2) is 17.6 Å². The van der Waals surface area contributed by atoms with Gasteiger partial charge >= 0.3 is 0 Å². The van der Waals surface area contributed by atoms with Gasteiger partial charge in [-0.05, 0) is 55.2 Å². The molecular formula is C19H26N2. The molecule has 1 aliphatic rings. The van der Waals surface area contributed by atoms with Crippen LogP contribution in [0.2, 0.25) is 0 Å². The van der Waals surface area contributed by atoms with E-state index >= 15 is 0 Å². The average molecular weight is 282 g/mol. The topological polar surface area (TPSA) is 27.8 Å². The number of rotatable bonds is 5. The fraction of sp³-hybridized carbons (Fsp3) is 0.474. The van der Waals surface area contributed by atoms with Crippen LogP contribution in [0.25, 0.3) is 0 Å². The highest BCUT2D eigenvalue weighted by atomic mass is 14.9. The molecule has 2 N–H and O–H groups in total. The number of nitrogens with one attached hydrogen (secondary N) is 2. The molecule has 2 nitrogen and oxygen atoms in total. The second-order valence-electron chi connectivity index (χ2n) is 6.60. The summed E-state index contributed by atoms with van der Waals surface area (Å²) in [6, 6.07) is 16.0. The zero-order valence-electron chi connectivity index (χ0n) is 12.9. The van der Waals surface area contributed by atoms with E-state index in [-0.39, 0.29) is 0 Å². The number of aromatic nitrogens is 1. The molecule has 0 radical (unpaired) electrons. The minimum atomic E-state index is 0.374. The van der Waals surface area contributed by atoms with E-state index in [0.29, 0.717) is 11.5 Å². The first-order chi connectivity index (χ1) is 10.3. The summed E-state index contributed by atoms with van der Waals surface area (Å²) in [7, 11) is 0. The molecule has 0 aliphatic heterocycles. The summed E-state index contributed by atoms with van der Waals surface area (Å²) >= 11 is 0.